The Hall–Kier alpha value is -1.89. The number of nitrogens with one attached hydrogen (secondary N) is 2. The van der Waals surface area contributed by atoms with Crippen molar-refractivity contribution in [1.82, 2.24) is 10.6 Å². The van der Waals surface area contributed by atoms with Crippen LogP contribution < -0.4 is 10.6 Å². The van der Waals surface area contributed by atoms with E-state index in [0.717, 1.165) is 0 Å². The van der Waals surface area contributed by atoms with Gasteiger partial charge >= 0.3 is 5.97 Å². The van der Waals surface area contributed by atoms with E-state index in [9.17, 15) is 14.4 Å². The molecule has 1 unspecified atom stereocenters. The first-order valence-corrected chi connectivity index (χ1v) is 6.32. The van der Waals surface area contributed by atoms with Crippen molar-refractivity contribution in [2.45, 2.75) is 24.9 Å². The topological polar surface area (TPSA) is 95.5 Å². The summed E-state index contributed by atoms with van der Waals surface area (Å²) in [4.78, 5) is 34.5. The summed E-state index contributed by atoms with van der Waals surface area (Å²) in [5.41, 5.74) is 0. The number of hydrogen-bond donors (Lipinski definition) is 3. The molecule has 7 heteroatoms. The van der Waals surface area contributed by atoms with Crippen LogP contribution in [0.5, 0.6) is 0 Å². The van der Waals surface area contributed by atoms with Crippen LogP contribution in [-0.4, -0.2) is 28.9 Å². The molecule has 0 aromatic carbocycles. The number of carbonyl (C=O) groups excluding carboxylic acids is 2. The molecule has 1 aromatic heterocycles. The largest absolute Gasteiger partial charge is 0.479 e. The van der Waals surface area contributed by atoms with Gasteiger partial charge in [-0.15, -0.1) is 11.3 Å². The Labute approximate surface area is 107 Å². The van der Waals surface area contributed by atoms with Gasteiger partial charge in [0.2, 0.25) is 11.8 Å². The van der Waals surface area contributed by atoms with Crippen LogP contribution in [0.15, 0.2) is 17.5 Å². The third-order valence-corrected chi connectivity index (χ3v) is 3.61. The predicted molar refractivity (Wildman–Crippen MR) is 64.0 cm³/mol. The maximum Gasteiger partial charge on any atom is 0.331 e. The molecule has 96 valence electrons. The number of rotatable bonds is 4. The van der Waals surface area contributed by atoms with Gasteiger partial charge in [0.1, 0.15) is 6.04 Å². The van der Waals surface area contributed by atoms with Crippen molar-refractivity contribution in [2.24, 2.45) is 0 Å². The van der Waals surface area contributed by atoms with Crippen LogP contribution in [0.1, 0.15) is 23.8 Å². The molecular weight excluding hydrogens is 256 g/mol. The molecule has 0 saturated carbocycles. The van der Waals surface area contributed by atoms with Gasteiger partial charge in [-0.25, -0.2) is 4.79 Å². The minimum atomic E-state index is -1.12. The first kappa shape index (κ1) is 12.6. The van der Waals surface area contributed by atoms with E-state index in [0.29, 0.717) is 17.7 Å². The zero-order valence-electron chi connectivity index (χ0n) is 9.38. The third-order valence-electron chi connectivity index (χ3n) is 2.67. The van der Waals surface area contributed by atoms with E-state index in [1.165, 1.54) is 11.3 Å². The Morgan fingerprint density at radius 2 is 2.33 bits per heavy atom. The molecule has 2 rings (SSSR count). The summed E-state index contributed by atoms with van der Waals surface area (Å²) in [6.07, 6.45) is 0.705. The highest BCUT2D eigenvalue weighted by Crippen LogP contribution is 2.20. The molecule has 6 nitrogen and oxygen atoms in total. The molecule has 3 N–H and O–H groups in total. The maximum absolute atomic E-state index is 11.8. The Morgan fingerprint density at radius 3 is 2.83 bits per heavy atom. The molecule has 0 bridgehead atoms. The normalized spacial score (nSPS) is 20.2. The van der Waals surface area contributed by atoms with Gasteiger partial charge in [-0.05, 0) is 17.9 Å². The predicted octanol–water partition coefficient (Wildman–Crippen LogP) is 0.269. The quantitative estimate of drug-likeness (QED) is 0.730. The number of amides is 2. The first-order valence-electron chi connectivity index (χ1n) is 5.44. The summed E-state index contributed by atoms with van der Waals surface area (Å²) in [5.74, 6) is -1.75. The Kier molecular flexibility index (Phi) is 3.61. The lowest BCUT2D eigenvalue weighted by molar-refractivity contribution is -0.142. The van der Waals surface area contributed by atoms with Crippen LogP contribution in [0.4, 0.5) is 0 Å². The van der Waals surface area contributed by atoms with Gasteiger partial charge in [-0.1, -0.05) is 6.07 Å². The highest BCUT2D eigenvalue weighted by atomic mass is 32.1. The second-order valence-corrected chi connectivity index (χ2v) is 4.93. The number of carboxylic acid groups (broad SMARTS) is 1. The molecule has 1 aromatic rings. The van der Waals surface area contributed by atoms with Gasteiger partial charge in [0, 0.05) is 11.3 Å². The summed E-state index contributed by atoms with van der Waals surface area (Å²) < 4.78 is 0. The lowest BCUT2D eigenvalue weighted by Crippen LogP contribution is -2.44. The number of hydrogen-bond acceptors (Lipinski definition) is 4. The summed E-state index contributed by atoms with van der Waals surface area (Å²) in [5, 5.41) is 15.8. The average Bonchev–Trinajstić information content (AvgIpc) is 2.95. The molecule has 2 atom stereocenters. The van der Waals surface area contributed by atoms with Crippen LogP contribution in [0.25, 0.3) is 0 Å². The van der Waals surface area contributed by atoms with Crippen LogP contribution in [0.3, 0.4) is 0 Å². The van der Waals surface area contributed by atoms with Crippen LogP contribution >= 0.6 is 11.3 Å². The summed E-state index contributed by atoms with van der Waals surface area (Å²) in [6, 6.07) is 1.69. The van der Waals surface area contributed by atoms with Gasteiger partial charge < -0.3 is 15.7 Å². The fourth-order valence-corrected chi connectivity index (χ4v) is 2.53. The molecule has 1 aliphatic heterocycles. The van der Waals surface area contributed by atoms with Crippen molar-refractivity contribution in [2.75, 3.05) is 0 Å². The standard InChI is InChI=1S/C11H12N2O4S/c14-8-4-3-6(12-8)10(15)13-9(11(16)17)7-2-1-5-18-7/h1-2,5-6,9H,3-4H2,(H,12,14)(H,13,15)(H,16,17)/t6-,9?/m1/s1. The van der Waals surface area contributed by atoms with Crippen LogP contribution in [0.2, 0.25) is 0 Å². The summed E-state index contributed by atoms with van der Waals surface area (Å²) in [7, 11) is 0. The van der Waals surface area contributed by atoms with E-state index >= 15 is 0 Å². The summed E-state index contributed by atoms with van der Waals surface area (Å²) in [6.45, 7) is 0. The van der Waals surface area contributed by atoms with E-state index < -0.39 is 24.0 Å². The molecule has 0 spiro atoms. The molecule has 18 heavy (non-hydrogen) atoms. The van der Waals surface area contributed by atoms with E-state index in [2.05, 4.69) is 10.6 Å². The first-order chi connectivity index (χ1) is 8.58. The second-order valence-electron chi connectivity index (χ2n) is 3.95. The minimum absolute atomic E-state index is 0.182. The third kappa shape index (κ3) is 2.67. The van der Waals surface area contributed by atoms with Gasteiger partial charge in [0.15, 0.2) is 6.04 Å². The number of carbonyl (C=O) groups is 3. The smallest absolute Gasteiger partial charge is 0.331 e. The van der Waals surface area contributed by atoms with E-state index in [1.807, 2.05) is 0 Å². The van der Waals surface area contributed by atoms with Gasteiger partial charge in [-0.3, -0.25) is 9.59 Å². The van der Waals surface area contributed by atoms with Crippen LogP contribution in [0, 0.1) is 0 Å². The highest BCUT2D eigenvalue weighted by molar-refractivity contribution is 7.10. The van der Waals surface area contributed by atoms with Crippen molar-refractivity contribution in [3.05, 3.63) is 22.4 Å². The molecule has 1 fully saturated rings. The monoisotopic (exact) mass is 268 g/mol. The molecule has 2 amide bonds. The highest BCUT2D eigenvalue weighted by Gasteiger charge is 2.31. The van der Waals surface area contributed by atoms with E-state index in [-0.39, 0.29) is 5.91 Å². The Bertz CT molecular complexity index is 471. The van der Waals surface area contributed by atoms with E-state index in [4.69, 9.17) is 5.11 Å². The molecule has 2 heterocycles. The molecule has 1 saturated heterocycles. The lowest BCUT2D eigenvalue weighted by Gasteiger charge is -2.16. The lowest BCUT2D eigenvalue weighted by atomic mass is 10.2. The van der Waals surface area contributed by atoms with Gasteiger partial charge in [0.25, 0.3) is 0 Å². The molecular formula is C11H12N2O4S. The zero-order chi connectivity index (χ0) is 13.1. The fourth-order valence-electron chi connectivity index (χ4n) is 1.76. The summed E-state index contributed by atoms with van der Waals surface area (Å²) >= 11 is 1.26. The van der Waals surface area contributed by atoms with E-state index in [1.54, 1.807) is 17.5 Å². The van der Waals surface area contributed by atoms with Crippen LogP contribution in [-0.2, 0) is 14.4 Å². The second kappa shape index (κ2) is 5.18. The number of carboxylic acids is 1. The Morgan fingerprint density at radius 1 is 1.56 bits per heavy atom. The maximum atomic E-state index is 11.8. The minimum Gasteiger partial charge on any atom is -0.479 e. The van der Waals surface area contributed by atoms with Crippen molar-refractivity contribution in [3.8, 4) is 0 Å². The fraction of sp³-hybridized carbons (Fsp3) is 0.364. The van der Waals surface area contributed by atoms with Crippen molar-refractivity contribution in [1.29, 1.82) is 0 Å². The number of thiophene rings is 1. The van der Waals surface area contributed by atoms with Crippen molar-refractivity contribution >= 4 is 29.1 Å². The van der Waals surface area contributed by atoms with Crippen molar-refractivity contribution < 1.29 is 19.5 Å². The SMILES string of the molecule is O=C1CC[C@H](C(=O)NC(C(=O)O)c2cccs2)N1. The Balaban J connectivity index is 2.04. The zero-order valence-corrected chi connectivity index (χ0v) is 10.2. The van der Waals surface area contributed by atoms with Gasteiger partial charge in [0.05, 0.1) is 0 Å². The van der Waals surface area contributed by atoms with Gasteiger partial charge in [-0.2, -0.15) is 0 Å². The molecule has 0 radical (unpaired) electrons. The average molecular weight is 268 g/mol. The molecule has 1 aliphatic rings. The van der Waals surface area contributed by atoms with Crippen molar-refractivity contribution in [3.63, 3.8) is 0 Å². The molecule has 0 aliphatic carbocycles. The number of aliphatic carboxylic acids is 1.